The number of benzene rings is 2. The van der Waals surface area contributed by atoms with Crippen LogP contribution in [0, 0.1) is 5.82 Å². The van der Waals surface area contributed by atoms with E-state index in [0.29, 0.717) is 5.69 Å². The number of aromatic nitrogens is 2. The van der Waals surface area contributed by atoms with Gasteiger partial charge in [-0.05, 0) is 54.7 Å². The Bertz CT molecular complexity index is 1140. The van der Waals surface area contributed by atoms with E-state index in [1.165, 1.54) is 60.9 Å². The van der Waals surface area contributed by atoms with Crippen molar-refractivity contribution in [3.05, 3.63) is 78.4 Å². The molecule has 0 saturated carbocycles. The molecular weight excluding hydrogens is 417 g/mol. The molecule has 0 aliphatic rings. The fourth-order valence-electron chi connectivity index (χ4n) is 2.23. The van der Waals surface area contributed by atoms with Gasteiger partial charge in [0, 0.05) is 18.1 Å². The summed E-state index contributed by atoms with van der Waals surface area (Å²) >= 11 is 5.04. The molecule has 1 aromatic heterocycles. The highest BCUT2D eigenvalue weighted by Gasteiger charge is 2.16. The molecule has 0 spiro atoms. The van der Waals surface area contributed by atoms with Crippen LogP contribution in [-0.2, 0) is 10.0 Å². The van der Waals surface area contributed by atoms with Gasteiger partial charge in [0.25, 0.3) is 15.9 Å². The third-order valence-corrected chi connectivity index (χ3v) is 5.11. The van der Waals surface area contributed by atoms with Crippen molar-refractivity contribution in [2.45, 2.75) is 4.90 Å². The summed E-state index contributed by atoms with van der Waals surface area (Å²) in [5.74, 6) is -1.42. The number of hydrogen-bond donors (Lipinski definition) is 3. The van der Waals surface area contributed by atoms with Gasteiger partial charge in [0.2, 0.25) is 5.95 Å². The fourth-order valence-corrected chi connectivity index (χ4v) is 3.40. The lowest BCUT2D eigenvalue weighted by molar-refractivity contribution is 0.0974. The number of nitrogens with one attached hydrogen (secondary N) is 3. The van der Waals surface area contributed by atoms with E-state index in [-0.39, 0.29) is 21.5 Å². The first-order valence-electron chi connectivity index (χ1n) is 8.12. The highest BCUT2D eigenvalue weighted by molar-refractivity contribution is 7.92. The Balaban J connectivity index is 1.63. The Labute approximate surface area is 171 Å². The van der Waals surface area contributed by atoms with Crippen molar-refractivity contribution in [1.29, 1.82) is 0 Å². The number of carbonyl (C=O) groups is 1. The normalized spacial score (nSPS) is 10.8. The molecule has 0 saturated heterocycles. The van der Waals surface area contributed by atoms with Crippen LogP contribution < -0.4 is 15.4 Å². The van der Waals surface area contributed by atoms with Gasteiger partial charge in [-0.3, -0.25) is 10.1 Å². The van der Waals surface area contributed by atoms with Gasteiger partial charge in [-0.15, -0.1) is 0 Å². The van der Waals surface area contributed by atoms with E-state index in [9.17, 15) is 17.6 Å². The van der Waals surface area contributed by atoms with Gasteiger partial charge in [0.05, 0.1) is 10.5 Å². The van der Waals surface area contributed by atoms with Crippen LogP contribution >= 0.6 is 12.2 Å². The zero-order valence-electron chi connectivity index (χ0n) is 14.7. The standard InChI is InChI=1S/C18H14FN5O3S2/c19-15-5-2-1-4-14(15)16(25)23-18(28)22-12-6-8-13(9-7-12)29(26,27)24-17-20-10-3-11-21-17/h1-11H,(H,20,21,24)(H2,22,23,25,28). The molecule has 2 aromatic carbocycles. The summed E-state index contributed by atoms with van der Waals surface area (Å²) < 4.78 is 40.6. The van der Waals surface area contributed by atoms with Crippen LogP contribution in [0.5, 0.6) is 0 Å². The number of thiocarbonyl (C=S) groups is 1. The second kappa shape index (κ2) is 8.71. The van der Waals surface area contributed by atoms with E-state index < -0.39 is 21.7 Å². The minimum absolute atomic E-state index is 0.0168. The average Bonchev–Trinajstić information content (AvgIpc) is 2.69. The molecule has 11 heteroatoms. The zero-order chi connectivity index (χ0) is 20.9. The van der Waals surface area contributed by atoms with Crippen molar-refractivity contribution in [3.63, 3.8) is 0 Å². The largest absolute Gasteiger partial charge is 0.332 e. The van der Waals surface area contributed by atoms with Crippen molar-refractivity contribution >= 4 is 44.9 Å². The molecule has 1 amide bonds. The van der Waals surface area contributed by atoms with Gasteiger partial charge in [0.15, 0.2) is 5.11 Å². The first kappa shape index (κ1) is 20.3. The first-order chi connectivity index (χ1) is 13.8. The second-order valence-electron chi connectivity index (χ2n) is 5.59. The Kier molecular flexibility index (Phi) is 6.10. The predicted octanol–water partition coefficient (Wildman–Crippen LogP) is 2.54. The minimum Gasteiger partial charge on any atom is -0.332 e. The maximum Gasteiger partial charge on any atom is 0.264 e. The molecule has 8 nitrogen and oxygen atoms in total. The van der Waals surface area contributed by atoms with E-state index in [2.05, 4.69) is 25.3 Å². The minimum atomic E-state index is -3.87. The van der Waals surface area contributed by atoms with E-state index in [1.54, 1.807) is 6.07 Å². The van der Waals surface area contributed by atoms with Crippen LogP contribution in [0.4, 0.5) is 16.0 Å². The molecule has 0 atom stereocenters. The van der Waals surface area contributed by atoms with Crippen molar-refractivity contribution in [2.24, 2.45) is 0 Å². The van der Waals surface area contributed by atoms with Crippen LogP contribution in [-0.4, -0.2) is 29.4 Å². The van der Waals surface area contributed by atoms with Crippen LogP contribution in [0.25, 0.3) is 0 Å². The number of halogens is 1. The number of hydrogen-bond acceptors (Lipinski definition) is 6. The molecule has 29 heavy (non-hydrogen) atoms. The van der Waals surface area contributed by atoms with Gasteiger partial charge in [0.1, 0.15) is 5.82 Å². The summed E-state index contributed by atoms with van der Waals surface area (Å²) in [6.45, 7) is 0. The van der Waals surface area contributed by atoms with Crippen LogP contribution in [0.1, 0.15) is 10.4 Å². The Hall–Kier alpha value is -3.44. The third kappa shape index (κ3) is 5.30. The van der Waals surface area contributed by atoms with Gasteiger partial charge >= 0.3 is 0 Å². The molecule has 3 aromatic rings. The van der Waals surface area contributed by atoms with E-state index in [1.807, 2.05) is 0 Å². The monoisotopic (exact) mass is 431 g/mol. The van der Waals surface area contributed by atoms with Crippen molar-refractivity contribution in [3.8, 4) is 0 Å². The molecule has 0 bridgehead atoms. The average molecular weight is 431 g/mol. The third-order valence-electron chi connectivity index (χ3n) is 3.56. The molecule has 148 valence electrons. The van der Waals surface area contributed by atoms with Crippen LogP contribution in [0.2, 0.25) is 0 Å². The molecule has 0 unspecified atom stereocenters. The molecule has 0 aliphatic heterocycles. The number of carbonyl (C=O) groups excluding carboxylic acids is 1. The topological polar surface area (TPSA) is 113 Å². The molecule has 3 rings (SSSR count). The molecule has 3 N–H and O–H groups in total. The number of nitrogens with zero attached hydrogens (tertiary/aromatic N) is 2. The highest BCUT2D eigenvalue weighted by Crippen LogP contribution is 2.16. The van der Waals surface area contributed by atoms with Crippen molar-refractivity contribution in [2.75, 3.05) is 10.0 Å². The summed E-state index contributed by atoms with van der Waals surface area (Å²) in [4.78, 5) is 19.6. The smallest absolute Gasteiger partial charge is 0.264 e. The number of amides is 1. The lowest BCUT2D eigenvalue weighted by Gasteiger charge is -2.11. The van der Waals surface area contributed by atoms with Crippen molar-refractivity contribution in [1.82, 2.24) is 15.3 Å². The molecular formula is C18H14FN5O3S2. The number of anilines is 2. The van der Waals surface area contributed by atoms with Gasteiger partial charge in [-0.1, -0.05) is 12.1 Å². The number of sulfonamides is 1. The van der Waals surface area contributed by atoms with Gasteiger partial charge in [-0.25, -0.2) is 27.5 Å². The summed E-state index contributed by atoms with van der Waals surface area (Å²) in [5.41, 5.74) is 0.283. The molecule has 1 heterocycles. The van der Waals surface area contributed by atoms with Gasteiger partial charge < -0.3 is 5.32 Å². The van der Waals surface area contributed by atoms with Crippen LogP contribution in [0.15, 0.2) is 71.9 Å². The molecule has 0 fully saturated rings. The lowest BCUT2D eigenvalue weighted by atomic mass is 10.2. The van der Waals surface area contributed by atoms with Crippen molar-refractivity contribution < 1.29 is 17.6 Å². The van der Waals surface area contributed by atoms with Gasteiger partial charge in [-0.2, -0.15) is 0 Å². The molecule has 0 radical (unpaired) electrons. The van der Waals surface area contributed by atoms with Crippen LogP contribution in [0.3, 0.4) is 0 Å². The van der Waals surface area contributed by atoms with E-state index in [0.717, 1.165) is 0 Å². The van der Waals surface area contributed by atoms with E-state index in [4.69, 9.17) is 12.2 Å². The number of rotatable bonds is 5. The predicted molar refractivity (Wildman–Crippen MR) is 109 cm³/mol. The summed E-state index contributed by atoms with van der Waals surface area (Å²) in [5, 5.41) is 5.02. The molecule has 0 aliphatic carbocycles. The lowest BCUT2D eigenvalue weighted by Crippen LogP contribution is -2.34. The Morgan fingerprint density at radius 3 is 2.28 bits per heavy atom. The Morgan fingerprint density at radius 2 is 1.62 bits per heavy atom. The fraction of sp³-hybridized carbons (Fsp3) is 0. The Morgan fingerprint density at radius 1 is 0.966 bits per heavy atom. The highest BCUT2D eigenvalue weighted by atomic mass is 32.2. The SMILES string of the molecule is O=C(NC(=S)Nc1ccc(S(=O)(=O)Nc2ncccn2)cc1)c1ccccc1F. The summed E-state index contributed by atoms with van der Waals surface area (Å²) in [6, 6.07) is 12.7. The summed E-state index contributed by atoms with van der Waals surface area (Å²) in [6.07, 6.45) is 2.82. The zero-order valence-corrected chi connectivity index (χ0v) is 16.3. The second-order valence-corrected chi connectivity index (χ2v) is 7.68. The summed E-state index contributed by atoms with van der Waals surface area (Å²) in [7, 11) is -3.87. The maximum absolute atomic E-state index is 13.6. The maximum atomic E-state index is 13.6. The quantitative estimate of drug-likeness (QED) is 0.532. The van der Waals surface area contributed by atoms with E-state index >= 15 is 0 Å². The first-order valence-corrected chi connectivity index (χ1v) is 10.0.